The number of benzene rings is 2. The maximum Gasteiger partial charge on any atom is 0.573 e. The van der Waals surface area contributed by atoms with Crippen molar-refractivity contribution >= 4 is 5.97 Å². The number of ether oxygens (including phenoxy) is 4. The summed E-state index contributed by atoms with van der Waals surface area (Å²) in [6.07, 6.45) is -4.19. The van der Waals surface area contributed by atoms with Gasteiger partial charge in [-0.15, -0.1) is 13.2 Å². The molecular formula is C21H21F3O5. The second-order valence-electron chi connectivity index (χ2n) is 6.75. The van der Waals surface area contributed by atoms with Crippen molar-refractivity contribution in [1.29, 1.82) is 0 Å². The van der Waals surface area contributed by atoms with Crippen molar-refractivity contribution in [2.24, 2.45) is 11.8 Å². The summed E-state index contributed by atoms with van der Waals surface area (Å²) < 4.78 is 57.9. The molecule has 29 heavy (non-hydrogen) atoms. The van der Waals surface area contributed by atoms with Crippen LogP contribution in [0.5, 0.6) is 17.2 Å². The van der Waals surface area contributed by atoms with Crippen molar-refractivity contribution in [1.82, 2.24) is 0 Å². The van der Waals surface area contributed by atoms with Crippen LogP contribution >= 0.6 is 0 Å². The lowest BCUT2D eigenvalue weighted by molar-refractivity contribution is -0.274. The van der Waals surface area contributed by atoms with Gasteiger partial charge in [0.2, 0.25) is 0 Å². The van der Waals surface area contributed by atoms with E-state index in [1.807, 2.05) is 12.1 Å². The summed E-state index contributed by atoms with van der Waals surface area (Å²) in [5.41, 5.74) is 1.22. The summed E-state index contributed by atoms with van der Waals surface area (Å²) >= 11 is 0. The first-order valence-corrected chi connectivity index (χ1v) is 9.02. The number of hydrogen-bond acceptors (Lipinski definition) is 5. The number of carbonyl (C=O) groups excluding carboxylic acids is 1. The average Bonchev–Trinajstić information content (AvgIpc) is 3.01. The summed E-state index contributed by atoms with van der Waals surface area (Å²) in [4.78, 5) is 12.3. The Labute approximate surface area is 166 Å². The molecule has 5 nitrogen and oxygen atoms in total. The minimum atomic E-state index is -4.80. The quantitative estimate of drug-likeness (QED) is 0.641. The Hall–Kier alpha value is -2.90. The first-order chi connectivity index (χ1) is 13.8. The third-order valence-electron chi connectivity index (χ3n) is 4.90. The molecule has 156 valence electrons. The van der Waals surface area contributed by atoms with Gasteiger partial charge in [-0.3, -0.25) is 4.79 Å². The van der Waals surface area contributed by atoms with E-state index in [1.54, 1.807) is 12.1 Å². The fourth-order valence-electron chi connectivity index (χ4n) is 3.50. The number of rotatable bonds is 7. The predicted molar refractivity (Wildman–Crippen MR) is 98.0 cm³/mol. The minimum Gasteiger partial charge on any atom is -0.493 e. The monoisotopic (exact) mass is 410 g/mol. The van der Waals surface area contributed by atoms with E-state index in [9.17, 15) is 18.0 Å². The number of esters is 1. The summed E-state index contributed by atoms with van der Waals surface area (Å²) in [6, 6.07) is 11.3. The van der Waals surface area contributed by atoms with Gasteiger partial charge in [0, 0.05) is 5.92 Å². The van der Waals surface area contributed by atoms with Crippen LogP contribution in [-0.4, -0.2) is 33.2 Å². The van der Waals surface area contributed by atoms with Gasteiger partial charge in [-0.25, -0.2) is 0 Å². The van der Waals surface area contributed by atoms with Crippen LogP contribution in [0.1, 0.15) is 11.1 Å². The molecule has 1 aliphatic heterocycles. The van der Waals surface area contributed by atoms with E-state index in [0.29, 0.717) is 23.5 Å². The van der Waals surface area contributed by atoms with Crippen molar-refractivity contribution in [3.63, 3.8) is 0 Å². The van der Waals surface area contributed by atoms with Gasteiger partial charge < -0.3 is 18.9 Å². The van der Waals surface area contributed by atoms with Crippen LogP contribution < -0.4 is 14.2 Å². The van der Waals surface area contributed by atoms with Gasteiger partial charge >= 0.3 is 12.3 Å². The molecule has 2 aromatic rings. The number of cyclic esters (lactones) is 1. The van der Waals surface area contributed by atoms with Crippen LogP contribution in [0.4, 0.5) is 13.2 Å². The smallest absolute Gasteiger partial charge is 0.493 e. The first-order valence-electron chi connectivity index (χ1n) is 9.02. The Bertz CT molecular complexity index is 866. The van der Waals surface area contributed by atoms with Crippen LogP contribution in [0.15, 0.2) is 42.5 Å². The third-order valence-corrected chi connectivity index (χ3v) is 4.90. The highest BCUT2D eigenvalue weighted by atomic mass is 19.4. The van der Waals surface area contributed by atoms with Crippen LogP contribution in [0.25, 0.3) is 0 Å². The second kappa shape index (κ2) is 8.63. The van der Waals surface area contributed by atoms with E-state index < -0.39 is 18.2 Å². The lowest BCUT2D eigenvalue weighted by Gasteiger charge is -2.18. The Balaban J connectivity index is 1.78. The summed E-state index contributed by atoms with van der Waals surface area (Å²) in [7, 11) is 3.07. The van der Waals surface area contributed by atoms with Crippen LogP contribution in [0.3, 0.4) is 0 Å². The molecular weight excluding hydrogens is 389 g/mol. The van der Waals surface area contributed by atoms with Crippen LogP contribution in [-0.2, 0) is 22.4 Å². The Morgan fingerprint density at radius 1 is 1.00 bits per heavy atom. The molecule has 2 atom stereocenters. The van der Waals surface area contributed by atoms with Crippen molar-refractivity contribution in [3.8, 4) is 17.2 Å². The molecule has 0 radical (unpaired) electrons. The van der Waals surface area contributed by atoms with E-state index in [1.165, 1.54) is 32.4 Å². The van der Waals surface area contributed by atoms with E-state index in [2.05, 4.69) is 4.74 Å². The molecule has 3 rings (SSSR count). The molecule has 0 aliphatic carbocycles. The summed E-state index contributed by atoms with van der Waals surface area (Å²) in [5, 5.41) is 0. The Morgan fingerprint density at radius 2 is 1.72 bits per heavy atom. The first kappa shape index (κ1) is 20.8. The molecule has 0 saturated carbocycles. The molecule has 0 amide bonds. The van der Waals surface area contributed by atoms with Crippen LogP contribution in [0, 0.1) is 11.8 Å². The number of carbonyl (C=O) groups is 1. The maximum absolute atomic E-state index is 12.7. The van der Waals surface area contributed by atoms with E-state index in [-0.39, 0.29) is 24.7 Å². The number of methoxy groups -OCH3 is 2. The zero-order valence-corrected chi connectivity index (χ0v) is 16.0. The van der Waals surface area contributed by atoms with Crippen molar-refractivity contribution in [2.45, 2.75) is 19.2 Å². The molecule has 0 spiro atoms. The van der Waals surface area contributed by atoms with E-state index in [4.69, 9.17) is 14.2 Å². The average molecular weight is 410 g/mol. The predicted octanol–water partition coefficient (Wildman–Crippen LogP) is 4.18. The Morgan fingerprint density at radius 3 is 2.41 bits per heavy atom. The number of halogens is 3. The van der Waals surface area contributed by atoms with Gasteiger partial charge in [0.1, 0.15) is 5.75 Å². The molecule has 1 aliphatic rings. The summed E-state index contributed by atoms with van der Waals surface area (Å²) in [6.45, 7) is 0.208. The molecule has 0 N–H and O–H groups in total. The molecule has 0 bridgehead atoms. The van der Waals surface area contributed by atoms with Gasteiger partial charge in [0.25, 0.3) is 0 Å². The highest BCUT2D eigenvalue weighted by Crippen LogP contribution is 2.35. The second-order valence-corrected chi connectivity index (χ2v) is 6.75. The van der Waals surface area contributed by atoms with Crippen molar-refractivity contribution in [3.05, 3.63) is 53.6 Å². The number of hydrogen-bond donors (Lipinski definition) is 0. The fourth-order valence-corrected chi connectivity index (χ4v) is 3.50. The lowest BCUT2D eigenvalue weighted by Crippen LogP contribution is -2.22. The van der Waals surface area contributed by atoms with Crippen molar-refractivity contribution in [2.75, 3.05) is 20.8 Å². The molecule has 8 heteroatoms. The molecule has 0 aromatic heterocycles. The standard InChI is InChI=1S/C21H21F3O5/c1-26-18-8-7-13(10-19(18)27-2)9-15-12-28-20(25)16(15)11-14-5-3-4-6-17(14)29-21(22,23)24/h3-8,10,15-16H,9,11-12H2,1-2H3. The molecule has 1 heterocycles. The van der Waals surface area contributed by atoms with Gasteiger partial charge in [-0.05, 0) is 42.2 Å². The van der Waals surface area contributed by atoms with Crippen molar-refractivity contribution < 1.29 is 36.9 Å². The molecule has 2 aromatic carbocycles. The van der Waals surface area contributed by atoms with Crippen LogP contribution in [0.2, 0.25) is 0 Å². The number of alkyl halides is 3. The Kier molecular flexibility index (Phi) is 6.20. The fraction of sp³-hybridized carbons (Fsp3) is 0.381. The molecule has 1 saturated heterocycles. The number of para-hydroxylation sites is 1. The highest BCUT2D eigenvalue weighted by Gasteiger charge is 2.38. The SMILES string of the molecule is COc1ccc(CC2COC(=O)C2Cc2ccccc2OC(F)(F)F)cc1OC. The summed E-state index contributed by atoms with van der Waals surface area (Å²) in [5.74, 6) is -0.317. The largest absolute Gasteiger partial charge is 0.573 e. The van der Waals surface area contributed by atoms with E-state index >= 15 is 0 Å². The highest BCUT2D eigenvalue weighted by molar-refractivity contribution is 5.75. The van der Waals surface area contributed by atoms with Gasteiger partial charge in [-0.1, -0.05) is 24.3 Å². The molecule has 1 fully saturated rings. The van der Waals surface area contributed by atoms with Gasteiger partial charge in [-0.2, -0.15) is 0 Å². The lowest BCUT2D eigenvalue weighted by atomic mass is 9.85. The van der Waals surface area contributed by atoms with Gasteiger partial charge in [0.15, 0.2) is 11.5 Å². The minimum absolute atomic E-state index is 0.100. The third kappa shape index (κ3) is 5.13. The van der Waals surface area contributed by atoms with Gasteiger partial charge in [0.05, 0.1) is 26.7 Å². The topological polar surface area (TPSA) is 54.0 Å². The zero-order chi connectivity index (χ0) is 21.0. The normalized spacial score (nSPS) is 19.0. The molecule has 2 unspecified atom stereocenters. The van der Waals surface area contributed by atoms with E-state index in [0.717, 1.165) is 5.56 Å². The zero-order valence-electron chi connectivity index (χ0n) is 16.0. The maximum atomic E-state index is 12.7.